The normalized spacial score (nSPS) is 9.31. The summed E-state index contributed by atoms with van der Waals surface area (Å²) in [5, 5.41) is 6.24. The number of pyridine rings is 1. The number of hydrogen-bond donors (Lipinski definition) is 1. The summed E-state index contributed by atoms with van der Waals surface area (Å²) in [6.45, 7) is 1.69. The summed E-state index contributed by atoms with van der Waals surface area (Å²) < 4.78 is 4.80. The molecule has 16 heavy (non-hydrogen) atoms. The molecule has 0 aliphatic carbocycles. The van der Waals surface area contributed by atoms with E-state index in [4.69, 9.17) is 4.52 Å². The number of halogens is 1. The predicted molar refractivity (Wildman–Crippen MR) is 60.7 cm³/mol. The number of nitrogens with one attached hydrogen (secondary N) is 1. The third-order valence-electron chi connectivity index (χ3n) is 1.93. The lowest BCUT2D eigenvalue weighted by Gasteiger charge is -2.02. The number of carbonyl (C=O) groups is 1. The number of anilines is 1. The molecule has 84 valence electrons. The molecular weight excluding hydrogens is 230 g/mol. The summed E-state index contributed by atoms with van der Waals surface area (Å²) >= 11 is 0. The Bertz CT molecular complexity index is 470. The molecule has 0 aromatic carbocycles. The summed E-state index contributed by atoms with van der Waals surface area (Å²) in [5.74, 6) is 0.265. The van der Waals surface area contributed by atoms with Crippen LogP contribution in [0.15, 0.2) is 35.2 Å². The molecule has 5 nitrogen and oxygen atoms in total. The van der Waals surface area contributed by atoms with Gasteiger partial charge in [-0.3, -0.25) is 9.78 Å². The molecule has 0 spiro atoms. The molecule has 2 heterocycles. The summed E-state index contributed by atoms with van der Waals surface area (Å²) in [6, 6.07) is 3.42. The van der Waals surface area contributed by atoms with Gasteiger partial charge in [-0.25, -0.2) is 0 Å². The first-order valence-corrected chi connectivity index (χ1v) is 4.40. The zero-order valence-corrected chi connectivity index (χ0v) is 9.32. The quantitative estimate of drug-likeness (QED) is 0.871. The number of carbonyl (C=O) groups excluding carboxylic acids is 1. The molecule has 0 aliphatic heterocycles. The Kier molecular flexibility index (Phi) is 4.02. The van der Waals surface area contributed by atoms with Gasteiger partial charge in [0.2, 0.25) is 0 Å². The van der Waals surface area contributed by atoms with Crippen molar-refractivity contribution in [2.24, 2.45) is 0 Å². The zero-order valence-electron chi connectivity index (χ0n) is 8.51. The second-order valence-corrected chi connectivity index (χ2v) is 2.99. The van der Waals surface area contributed by atoms with Crippen LogP contribution >= 0.6 is 12.4 Å². The highest BCUT2D eigenvalue weighted by atomic mass is 35.5. The topological polar surface area (TPSA) is 68.0 Å². The van der Waals surface area contributed by atoms with Gasteiger partial charge in [-0.05, 0) is 19.1 Å². The summed E-state index contributed by atoms with van der Waals surface area (Å²) in [5.41, 5.74) is 1.13. The fourth-order valence-corrected chi connectivity index (χ4v) is 1.15. The van der Waals surface area contributed by atoms with Crippen molar-refractivity contribution in [1.29, 1.82) is 0 Å². The van der Waals surface area contributed by atoms with Gasteiger partial charge in [0.25, 0.3) is 5.91 Å². The minimum atomic E-state index is -0.236. The minimum absolute atomic E-state index is 0. The van der Waals surface area contributed by atoms with Crippen molar-refractivity contribution in [3.05, 3.63) is 42.0 Å². The van der Waals surface area contributed by atoms with Crippen LogP contribution in [0.25, 0.3) is 0 Å². The number of nitrogens with zero attached hydrogens (tertiary/aromatic N) is 2. The second kappa shape index (κ2) is 5.27. The Morgan fingerprint density at radius 1 is 1.38 bits per heavy atom. The molecule has 0 aliphatic rings. The van der Waals surface area contributed by atoms with Crippen LogP contribution < -0.4 is 5.32 Å². The van der Waals surface area contributed by atoms with Crippen molar-refractivity contribution >= 4 is 24.0 Å². The maximum Gasteiger partial charge on any atom is 0.260 e. The lowest BCUT2D eigenvalue weighted by Crippen LogP contribution is -2.11. The maximum absolute atomic E-state index is 11.7. The monoisotopic (exact) mass is 239 g/mol. The Morgan fingerprint density at radius 3 is 2.62 bits per heavy atom. The van der Waals surface area contributed by atoms with E-state index in [1.807, 2.05) is 0 Å². The van der Waals surface area contributed by atoms with Gasteiger partial charge in [0, 0.05) is 18.1 Å². The van der Waals surface area contributed by atoms with Gasteiger partial charge in [-0.2, -0.15) is 0 Å². The molecule has 0 saturated carbocycles. The first-order valence-electron chi connectivity index (χ1n) is 4.40. The van der Waals surface area contributed by atoms with Crippen molar-refractivity contribution in [3.63, 3.8) is 0 Å². The van der Waals surface area contributed by atoms with Crippen LogP contribution in [0.2, 0.25) is 0 Å². The van der Waals surface area contributed by atoms with E-state index in [0.29, 0.717) is 17.0 Å². The first kappa shape index (κ1) is 12.2. The highest BCUT2D eigenvalue weighted by molar-refractivity contribution is 6.04. The minimum Gasteiger partial charge on any atom is -0.361 e. The molecule has 0 radical (unpaired) electrons. The van der Waals surface area contributed by atoms with Crippen LogP contribution in [0.4, 0.5) is 5.69 Å². The molecule has 1 amide bonds. The Labute approximate surface area is 98.3 Å². The van der Waals surface area contributed by atoms with Crippen LogP contribution in [0.5, 0.6) is 0 Å². The smallest absolute Gasteiger partial charge is 0.260 e. The van der Waals surface area contributed by atoms with E-state index in [9.17, 15) is 4.79 Å². The predicted octanol–water partition coefficient (Wildman–Crippen LogP) is 2.05. The fraction of sp³-hybridized carbons (Fsp3) is 0.100. The average molecular weight is 240 g/mol. The van der Waals surface area contributed by atoms with E-state index in [1.165, 1.54) is 6.20 Å². The fourth-order valence-electron chi connectivity index (χ4n) is 1.15. The molecule has 6 heteroatoms. The van der Waals surface area contributed by atoms with E-state index in [2.05, 4.69) is 15.5 Å². The van der Waals surface area contributed by atoms with Crippen LogP contribution in [0.3, 0.4) is 0 Å². The lowest BCUT2D eigenvalue weighted by atomic mass is 10.2. The summed E-state index contributed by atoms with van der Waals surface area (Å²) in [4.78, 5) is 15.5. The van der Waals surface area contributed by atoms with Crippen molar-refractivity contribution in [2.75, 3.05) is 5.32 Å². The van der Waals surface area contributed by atoms with E-state index in [-0.39, 0.29) is 18.3 Å². The molecule has 0 fully saturated rings. The van der Waals surface area contributed by atoms with E-state index < -0.39 is 0 Å². The molecule has 0 saturated heterocycles. The molecule has 2 rings (SSSR count). The highest BCUT2D eigenvalue weighted by Gasteiger charge is 2.12. The standard InChI is InChI=1S/C10H9N3O2.ClH/c1-7-9(6-12-15-7)10(14)13-8-2-4-11-5-3-8;/h2-6H,1H3,(H,11,13,14);1H. The van der Waals surface area contributed by atoms with Crippen LogP contribution in [-0.4, -0.2) is 16.0 Å². The van der Waals surface area contributed by atoms with Crippen molar-refractivity contribution in [1.82, 2.24) is 10.1 Å². The van der Waals surface area contributed by atoms with Gasteiger partial charge < -0.3 is 9.84 Å². The molecule has 0 atom stereocenters. The van der Waals surface area contributed by atoms with Gasteiger partial charge in [-0.1, -0.05) is 5.16 Å². The van der Waals surface area contributed by atoms with Crippen LogP contribution in [0.1, 0.15) is 16.1 Å². The Hall–Kier alpha value is -1.88. The molecule has 2 aromatic rings. The first-order chi connectivity index (χ1) is 7.27. The van der Waals surface area contributed by atoms with Crippen LogP contribution in [0, 0.1) is 6.92 Å². The highest BCUT2D eigenvalue weighted by Crippen LogP contribution is 2.10. The number of amides is 1. The maximum atomic E-state index is 11.7. The van der Waals surface area contributed by atoms with E-state index >= 15 is 0 Å². The number of rotatable bonds is 2. The van der Waals surface area contributed by atoms with Gasteiger partial charge in [-0.15, -0.1) is 12.4 Å². The second-order valence-electron chi connectivity index (χ2n) is 2.99. The van der Waals surface area contributed by atoms with Gasteiger partial charge in [0.15, 0.2) is 0 Å². The van der Waals surface area contributed by atoms with Gasteiger partial charge in [0.05, 0.1) is 6.20 Å². The summed E-state index contributed by atoms with van der Waals surface area (Å²) in [7, 11) is 0. The average Bonchev–Trinajstić information content (AvgIpc) is 2.66. The molecular formula is C10H10ClN3O2. The van der Waals surface area contributed by atoms with Crippen molar-refractivity contribution in [2.45, 2.75) is 6.92 Å². The number of hydrogen-bond acceptors (Lipinski definition) is 4. The Morgan fingerprint density at radius 2 is 2.06 bits per heavy atom. The molecule has 0 unspecified atom stereocenters. The third kappa shape index (κ3) is 2.58. The molecule has 2 aromatic heterocycles. The van der Waals surface area contributed by atoms with Gasteiger partial charge in [0.1, 0.15) is 11.3 Å². The number of aromatic nitrogens is 2. The van der Waals surface area contributed by atoms with E-state index in [0.717, 1.165) is 0 Å². The Balaban J connectivity index is 0.00000128. The largest absolute Gasteiger partial charge is 0.361 e. The number of aryl methyl sites for hydroxylation is 1. The lowest BCUT2D eigenvalue weighted by molar-refractivity contribution is 0.102. The van der Waals surface area contributed by atoms with Gasteiger partial charge >= 0.3 is 0 Å². The SMILES string of the molecule is Cc1oncc1C(=O)Nc1ccncc1.Cl. The van der Waals surface area contributed by atoms with Crippen molar-refractivity contribution in [3.8, 4) is 0 Å². The van der Waals surface area contributed by atoms with Crippen LogP contribution in [-0.2, 0) is 0 Å². The molecule has 0 bridgehead atoms. The zero-order chi connectivity index (χ0) is 10.7. The van der Waals surface area contributed by atoms with E-state index in [1.54, 1.807) is 31.5 Å². The molecule has 1 N–H and O–H groups in total. The van der Waals surface area contributed by atoms with Crippen molar-refractivity contribution < 1.29 is 9.32 Å². The third-order valence-corrected chi connectivity index (χ3v) is 1.93. The summed E-state index contributed by atoms with van der Waals surface area (Å²) in [6.07, 6.45) is 4.61.